The normalized spacial score (nSPS) is 32.8. The van der Waals surface area contributed by atoms with Gasteiger partial charge in [0.05, 0.1) is 0 Å². The van der Waals surface area contributed by atoms with Gasteiger partial charge in [0.1, 0.15) is 0 Å². The molecule has 0 radical (unpaired) electrons. The number of piperidine rings is 1. The molecule has 21 heavy (non-hydrogen) atoms. The number of hydrogen-bond acceptors (Lipinski definition) is 4. The van der Waals surface area contributed by atoms with Crippen LogP contribution in [0, 0.1) is 0 Å². The molecule has 2 aliphatic rings. The van der Waals surface area contributed by atoms with Crippen LogP contribution in [0.15, 0.2) is 24.5 Å². The molecule has 2 saturated heterocycles. The first-order chi connectivity index (χ1) is 10.1. The molecule has 3 rings (SSSR count). The lowest BCUT2D eigenvalue weighted by atomic mass is 9.81. The minimum Gasteiger partial charge on any atom is -0.329 e. The lowest BCUT2D eigenvalue weighted by Gasteiger charge is -2.50. The van der Waals surface area contributed by atoms with Crippen LogP contribution < -0.4 is 5.73 Å². The predicted molar refractivity (Wildman–Crippen MR) is 86.2 cm³/mol. The van der Waals surface area contributed by atoms with Crippen molar-refractivity contribution in [3.05, 3.63) is 30.1 Å². The Balaban J connectivity index is 1.66. The maximum absolute atomic E-state index is 6.24. The van der Waals surface area contributed by atoms with Gasteiger partial charge in [0.15, 0.2) is 0 Å². The second kappa shape index (κ2) is 6.03. The van der Waals surface area contributed by atoms with Crippen LogP contribution in [-0.4, -0.2) is 59.6 Å². The zero-order chi connectivity index (χ0) is 14.9. The van der Waals surface area contributed by atoms with E-state index >= 15 is 0 Å². The van der Waals surface area contributed by atoms with Crippen LogP contribution in [-0.2, 0) is 6.42 Å². The molecule has 2 N–H and O–H groups in total. The molecule has 2 aliphatic heterocycles. The Hall–Kier alpha value is -0.970. The van der Waals surface area contributed by atoms with Crippen molar-refractivity contribution in [2.45, 2.75) is 49.7 Å². The predicted octanol–water partition coefficient (Wildman–Crippen LogP) is 1.51. The Morgan fingerprint density at radius 3 is 2.48 bits per heavy atom. The Kier molecular flexibility index (Phi) is 4.29. The molecule has 0 aliphatic carbocycles. The lowest BCUT2D eigenvalue weighted by molar-refractivity contribution is 0.0169. The van der Waals surface area contributed by atoms with Gasteiger partial charge in [-0.25, -0.2) is 0 Å². The fourth-order valence-corrected chi connectivity index (χ4v) is 4.26. The van der Waals surface area contributed by atoms with Crippen LogP contribution in [0.5, 0.6) is 0 Å². The van der Waals surface area contributed by atoms with E-state index in [0.717, 1.165) is 31.6 Å². The summed E-state index contributed by atoms with van der Waals surface area (Å²) in [5.74, 6) is 0. The number of nitrogens with two attached hydrogens (primary N) is 1. The third-order valence-corrected chi connectivity index (χ3v) is 5.89. The largest absolute Gasteiger partial charge is 0.329 e. The molecule has 0 amide bonds. The van der Waals surface area contributed by atoms with Crippen LogP contribution in [0.1, 0.15) is 31.2 Å². The first kappa shape index (κ1) is 14.9. The zero-order valence-corrected chi connectivity index (χ0v) is 13.3. The maximum Gasteiger partial charge on any atom is 0.0358 e. The minimum atomic E-state index is 0.200. The Morgan fingerprint density at radius 1 is 1.29 bits per heavy atom. The summed E-state index contributed by atoms with van der Waals surface area (Å²) in [5.41, 5.74) is 7.80. The lowest BCUT2D eigenvalue weighted by Crippen LogP contribution is -2.61. The van der Waals surface area contributed by atoms with Crippen LogP contribution in [0.3, 0.4) is 0 Å². The second-order valence-electron chi connectivity index (χ2n) is 6.91. The molecular weight excluding hydrogens is 260 g/mol. The third-order valence-electron chi connectivity index (χ3n) is 5.89. The molecule has 2 atom stereocenters. The van der Waals surface area contributed by atoms with Gasteiger partial charge in [-0.3, -0.25) is 9.88 Å². The summed E-state index contributed by atoms with van der Waals surface area (Å²) in [4.78, 5) is 9.21. The van der Waals surface area contributed by atoms with Gasteiger partial charge in [0.25, 0.3) is 0 Å². The van der Waals surface area contributed by atoms with Crippen LogP contribution in [0.4, 0.5) is 0 Å². The summed E-state index contributed by atoms with van der Waals surface area (Å²) in [6, 6.07) is 5.69. The summed E-state index contributed by atoms with van der Waals surface area (Å²) in [7, 11) is 4.55. The molecule has 1 aromatic heterocycles. The smallest absolute Gasteiger partial charge is 0.0358 e. The molecule has 0 saturated carbocycles. The summed E-state index contributed by atoms with van der Waals surface area (Å²) in [5, 5.41) is 0. The molecule has 4 heteroatoms. The van der Waals surface area contributed by atoms with Crippen molar-refractivity contribution < 1.29 is 0 Å². The molecule has 2 unspecified atom stereocenters. The number of nitrogens with zero attached hydrogens (tertiary/aromatic N) is 3. The third kappa shape index (κ3) is 2.85. The number of likely N-dealkylation sites (N-methyl/N-ethyl adjacent to an activating group) is 1. The van der Waals surface area contributed by atoms with Crippen molar-refractivity contribution in [2.24, 2.45) is 5.73 Å². The second-order valence-corrected chi connectivity index (χ2v) is 6.91. The Morgan fingerprint density at radius 2 is 1.90 bits per heavy atom. The van der Waals surface area contributed by atoms with Crippen molar-refractivity contribution in [1.29, 1.82) is 0 Å². The van der Waals surface area contributed by atoms with E-state index < -0.39 is 0 Å². The molecule has 2 bridgehead atoms. The van der Waals surface area contributed by atoms with E-state index in [1.165, 1.54) is 31.2 Å². The van der Waals surface area contributed by atoms with Crippen molar-refractivity contribution >= 4 is 0 Å². The van der Waals surface area contributed by atoms with Gasteiger partial charge in [-0.05, 0) is 63.9 Å². The van der Waals surface area contributed by atoms with Crippen molar-refractivity contribution in [3.63, 3.8) is 0 Å². The molecule has 0 aromatic carbocycles. The Labute approximate surface area is 128 Å². The highest BCUT2D eigenvalue weighted by atomic mass is 15.3. The average Bonchev–Trinajstić information content (AvgIpc) is 2.76. The zero-order valence-electron chi connectivity index (χ0n) is 13.3. The van der Waals surface area contributed by atoms with Crippen molar-refractivity contribution in [3.8, 4) is 0 Å². The van der Waals surface area contributed by atoms with Gasteiger partial charge in [-0.2, -0.15) is 0 Å². The number of pyridine rings is 1. The van der Waals surface area contributed by atoms with E-state index in [0.29, 0.717) is 0 Å². The number of rotatable bonds is 5. The molecule has 1 aromatic rings. The summed E-state index contributed by atoms with van der Waals surface area (Å²) in [6.07, 6.45) is 9.98. The Bertz CT molecular complexity index is 447. The van der Waals surface area contributed by atoms with E-state index in [2.05, 4.69) is 41.0 Å². The van der Waals surface area contributed by atoms with Crippen LogP contribution >= 0.6 is 0 Å². The fraction of sp³-hybridized carbons (Fsp3) is 0.706. The fourth-order valence-electron chi connectivity index (χ4n) is 4.26. The van der Waals surface area contributed by atoms with Gasteiger partial charge < -0.3 is 10.6 Å². The molecular formula is C17H28N4. The highest BCUT2D eigenvalue weighted by Crippen LogP contribution is 2.41. The van der Waals surface area contributed by atoms with Crippen LogP contribution in [0.25, 0.3) is 0 Å². The van der Waals surface area contributed by atoms with Crippen molar-refractivity contribution in [1.82, 2.24) is 14.8 Å². The first-order valence-corrected chi connectivity index (χ1v) is 8.17. The van der Waals surface area contributed by atoms with Gasteiger partial charge in [-0.1, -0.05) is 0 Å². The first-order valence-electron chi connectivity index (χ1n) is 8.17. The van der Waals surface area contributed by atoms with Gasteiger partial charge in [0.2, 0.25) is 0 Å². The number of aromatic nitrogens is 1. The molecule has 3 heterocycles. The minimum absolute atomic E-state index is 0.200. The van der Waals surface area contributed by atoms with E-state index in [9.17, 15) is 0 Å². The highest BCUT2D eigenvalue weighted by molar-refractivity contribution is 5.11. The molecule has 0 spiro atoms. The van der Waals surface area contributed by atoms with Crippen molar-refractivity contribution in [2.75, 3.05) is 27.2 Å². The van der Waals surface area contributed by atoms with E-state index in [1.54, 1.807) is 0 Å². The van der Waals surface area contributed by atoms with E-state index in [-0.39, 0.29) is 5.54 Å². The summed E-state index contributed by atoms with van der Waals surface area (Å²) >= 11 is 0. The van der Waals surface area contributed by atoms with Gasteiger partial charge >= 0.3 is 0 Å². The van der Waals surface area contributed by atoms with E-state index in [1.807, 2.05) is 12.4 Å². The van der Waals surface area contributed by atoms with Gasteiger partial charge in [-0.15, -0.1) is 0 Å². The summed E-state index contributed by atoms with van der Waals surface area (Å²) in [6.45, 7) is 1.85. The molecule has 116 valence electrons. The van der Waals surface area contributed by atoms with E-state index in [4.69, 9.17) is 5.73 Å². The maximum atomic E-state index is 6.24. The summed E-state index contributed by atoms with van der Waals surface area (Å²) < 4.78 is 0. The number of hydrogen-bond donors (Lipinski definition) is 1. The topological polar surface area (TPSA) is 45.4 Å². The standard InChI is InChI=1S/C17H28N4/c1-20(10-7-14-5-8-19-9-6-14)17(13-18)11-15-3-4-16(12-17)21(15)2/h5-6,8-9,15-16H,3-4,7,10-13,18H2,1-2H3. The molecule has 2 fully saturated rings. The SMILES string of the molecule is CN1C2CCC1CC(CN)(N(C)CCc1ccncc1)C2. The monoisotopic (exact) mass is 288 g/mol. The quantitative estimate of drug-likeness (QED) is 0.892. The van der Waals surface area contributed by atoms with Gasteiger partial charge in [0, 0.05) is 43.1 Å². The average molecular weight is 288 g/mol. The van der Waals surface area contributed by atoms with Crippen LogP contribution in [0.2, 0.25) is 0 Å². The molecule has 4 nitrogen and oxygen atoms in total. The highest BCUT2D eigenvalue weighted by Gasteiger charge is 2.47. The number of fused-ring (bicyclic) bond motifs is 2.